The number of carbonyl (C=O) groups is 1. The van der Waals surface area contributed by atoms with Gasteiger partial charge in [-0.3, -0.25) is 0 Å². The molecule has 1 aromatic carbocycles. The molecule has 0 saturated carbocycles. The molecule has 5 nitrogen and oxygen atoms in total. The number of allylic oxidation sites excluding steroid dienone is 1. The number of nitrogens with zero attached hydrogens (tertiary/aromatic N) is 1. The molecule has 0 spiro atoms. The van der Waals surface area contributed by atoms with Gasteiger partial charge in [-0.25, -0.2) is 4.79 Å². The maximum absolute atomic E-state index is 11.9. The Morgan fingerprint density at radius 3 is 2.50 bits per heavy atom. The molecule has 0 saturated heterocycles. The molecule has 0 bridgehead atoms. The van der Waals surface area contributed by atoms with Crippen molar-refractivity contribution in [1.29, 1.82) is 5.26 Å². The topological polar surface area (TPSA) is 71.3 Å². The van der Waals surface area contributed by atoms with Crippen molar-refractivity contribution in [3.05, 3.63) is 42.0 Å². The molecule has 1 rings (SSSR count). The van der Waals surface area contributed by atoms with E-state index in [2.05, 4.69) is 5.32 Å². The molecule has 1 unspecified atom stereocenters. The fourth-order valence-electron chi connectivity index (χ4n) is 1.77. The number of hydrogen-bond acceptors (Lipinski definition) is 4. The first-order chi connectivity index (χ1) is 10.3. The Labute approximate surface area is 131 Å². The van der Waals surface area contributed by atoms with Crippen LogP contribution in [-0.4, -0.2) is 24.8 Å². The maximum Gasteiger partial charge on any atom is 0.408 e. The second kappa shape index (κ2) is 8.08. The van der Waals surface area contributed by atoms with E-state index < -0.39 is 12.2 Å². The number of ether oxygens (including phenoxy) is 2. The van der Waals surface area contributed by atoms with E-state index in [9.17, 15) is 4.79 Å². The van der Waals surface area contributed by atoms with E-state index in [1.807, 2.05) is 51.1 Å². The lowest BCUT2D eigenvalue weighted by molar-refractivity contribution is 0.112. The van der Waals surface area contributed by atoms with Crippen molar-refractivity contribution in [2.24, 2.45) is 0 Å². The number of alkyl carbamates (subject to hydrolysis) is 1. The van der Waals surface area contributed by atoms with Crippen LogP contribution in [0.15, 0.2) is 36.4 Å². The minimum atomic E-state index is -0.506. The third-order valence-electron chi connectivity index (χ3n) is 2.72. The third kappa shape index (κ3) is 6.80. The van der Waals surface area contributed by atoms with Gasteiger partial charge in [-0.15, -0.1) is 0 Å². The van der Waals surface area contributed by atoms with Crippen LogP contribution < -0.4 is 10.1 Å². The van der Waals surface area contributed by atoms with Crippen LogP contribution >= 0.6 is 0 Å². The van der Waals surface area contributed by atoms with E-state index in [1.165, 1.54) is 6.08 Å². The third-order valence-corrected chi connectivity index (χ3v) is 2.72. The first kappa shape index (κ1) is 17.6. The SMILES string of the molecule is COc1ccc(CC(/C=C/C#N)OC(=O)NC(C)(C)C)cc1. The molecule has 0 radical (unpaired) electrons. The summed E-state index contributed by atoms with van der Waals surface area (Å²) in [5.74, 6) is 0.763. The summed E-state index contributed by atoms with van der Waals surface area (Å²) in [6.45, 7) is 5.62. The van der Waals surface area contributed by atoms with Crippen molar-refractivity contribution in [3.8, 4) is 11.8 Å². The van der Waals surface area contributed by atoms with Gasteiger partial charge in [-0.2, -0.15) is 5.26 Å². The summed E-state index contributed by atoms with van der Waals surface area (Å²) in [6.07, 6.45) is 2.37. The van der Waals surface area contributed by atoms with Crippen LogP contribution in [0, 0.1) is 11.3 Å². The van der Waals surface area contributed by atoms with Crippen molar-refractivity contribution in [3.63, 3.8) is 0 Å². The number of benzene rings is 1. The van der Waals surface area contributed by atoms with Gasteiger partial charge in [0.2, 0.25) is 0 Å². The lowest BCUT2D eigenvalue weighted by atomic mass is 10.1. The fraction of sp³-hybridized carbons (Fsp3) is 0.412. The van der Waals surface area contributed by atoms with Crippen molar-refractivity contribution in [2.75, 3.05) is 7.11 Å². The molecule has 22 heavy (non-hydrogen) atoms. The van der Waals surface area contributed by atoms with Crippen LogP contribution in [0.25, 0.3) is 0 Å². The van der Waals surface area contributed by atoms with Gasteiger partial charge >= 0.3 is 6.09 Å². The minimum absolute atomic E-state index is 0.374. The molecule has 0 heterocycles. The Balaban J connectivity index is 2.73. The molecule has 1 N–H and O–H groups in total. The Morgan fingerprint density at radius 2 is 2.00 bits per heavy atom. The standard InChI is InChI=1S/C17H22N2O3/c1-17(2,3)19-16(20)22-15(6-5-11-18)12-13-7-9-14(21-4)10-8-13/h5-10,15H,12H2,1-4H3,(H,19,20)/b6-5+. The number of amides is 1. The molecule has 118 valence electrons. The Morgan fingerprint density at radius 1 is 1.36 bits per heavy atom. The molecule has 0 aliphatic carbocycles. The largest absolute Gasteiger partial charge is 0.497 e. The number of rotatable bonds is 5. The number of carbonyl (C=O) groups excluding carboxylic acids is 1. The van der Waals surface area contributed by atoms with E-state index in [0.29, 0.717) is 6.42 Å². The molecule has 1 amide bonds. The minimum Gasteiger partial charge on any atom is -0.497 e. The lowest BCUT2D eigenvalue weighted by Gasteiger charge is -2.22. The highest BCUT2D eigenvalue weighted by Crippen LogP contribution is 2.14. The second-order valence-electron chi connectivity index (χ2n) is 5.86. The predicted molar refractivity (Wildman–Crippen MR) is 84.6 cm³/mol. The Bertz CT molecular complexity index is 551. The van der Waals surface area contributed by atoms with E-state index >= 15 is 0 Å². The molecule has 1 atom stereocenters. The Hall–Kier alpha value is -2.48. The van der Waals surface area contributed by atoms with Crippen LogP contribution in [-0.2, 0) is 11.2 Å². The maximum atomic E-state index is 11.9. The van der Waals surface area contributed by atoms with Gasteiger partial charge in [0, 0.05) is 18.0 Å². The first-order valence-corrected chi connectivity index (χ1v) is 7.02. The molecule has 1 aromatic rings. The molecule has 0 aliphatic rings. The van der Waals surface area contributed by atoms with Gasteiger partial charge in [-0.05, 0) is 44.5 Å². The van der Waals surface area contributed by atoms with Crippen molar-refractivity contribution in [1.82, 2.24) is 5.32 Å². The van der Waals surface area contributed by atoms with Crippen LogP contribution in [0.5, 0.6) is 5.75 Å². The van der Waals surface area contributed by atoms with Gasteiger partial charge < -0.3 is 14.8 Å². The van der Waals surface area contributed by atoms with Crippen LogP contribution in [0.2, 0.25) is 0 Å². The van der Waals surface area contributed by atoms with Crippen molar-refractivity contribution in [2.45, 2.75) is 38.8 Å². The zero-order valence-electron chi connectivity index (χ0n) is 13.4. The molecule has 5 heteroatoms. The van der Waals surface area contributed by atoms with Crippen molar-refractivity contribution < 1.29 is 14.3 Å². The molecule has 0 fully saturated rings. The van der Waals surface area contributed by atoms with Crippen LogP contribution in [0.1, 0.15) is 26.3 Å². The summed E-state index contributed by atoms with van der Waals surface area (Å²) in [5.41, 5.74) is 0.609. The number of nitrogens with one attached hydrogen (secondary N) is 1. The van der Waals surface area contributed by atoms with E-state index in [-0.39, 0.29) is 5.54 Å². The van der Waals surface area contributed by atoms with E-state index in [4.69, 9.17) is 14.7 Å². The number of nitriles is 1. The summed E-state index contributed by atoms with van der Waals surface area (Å²) >= 11 is 0. The highest BCUT2D eigenvalue weighted by atomic mass is 16.6. The summed E-state index contributed by atoms with van der Waals surface area (Å²) in [5, 5.41) is 11.4. The molecular formula is C17H22N2O3. The van der Waals surface area contributed by atoms with Gasteiger partial charge in [0.25, 0.3) is 0 Å². The Kier molecular flexibility index (Phi) is 6.46. The summed E-state index contributed by atoms with van der Waals surface area (Å²) in [6, 6.07) is 9.40. The summed E-state index contributed by atoms with van der Waals surface area (Å²) in [7, 11) is 1.60. The lowest BCUT2D eigenvalue weighted by Crippen LogP contribution is -2.42. The average Bonchev–Trinajstić information content (AvgIpc) is 2.43. The summed E-state index contributed by atoms with van der Waals surface area (Å²) in [4.78, 5) is 11.9. The predicted octanol–water partition coefficient (Wildman–Crippen LogP) is 3.21. The van der Waals surface area contributed by atoms with Gasteiger partial charge in [0.1, 0.15) is 11.9 Å². The first-order valence-electron chi connectivity index (χ1n) is 7.02. The highest BCUT2D eigenvalue weighted by molar-refractivity contribution is 5.68. The van der Waals surface area contributed by atoms with E-state index in [1.54, 1.807) is 13.2 Å². The quantitative estimate of drug-likeness (QED) is 0.848. The summed E-state index contributed by atoms with van der Waals surface area (Å²) < 4.78 is 10.5. The zero-order valence-corrected chi connectivity index (χ0v) is 13.4. The molecule has 0 aromatic heterocycles. The highest BCUT2D eigenvalue weighted by Gasteiger charge is 2.18. The number of methoxy groups -OCH3 is 1. The fourth-order valence-corrected chi connectivity index (χ4v) is 1.77. The smallest absolute Gasteiger partial charge is 0.408 e. The average molecular weight is 302 g/mol. The van der Waals surface area contributed by atoms with Gasteiger partial charge in [0.05, 0.1) is 13.2 Å². The van der Waals surface area contributed by atoms with Crippen LogP contribution in [0.3, 0.4) is 0 Å². The molecular weight excluding hydrogens is 280 g/mol. The molecule has 0 aliphatic heterocycles. The van der Waals surface area contributed by atoms with Crippen molar-refractivity contribution >= 4 is 6.09 Å². The zero-order chi connectivity index (χ0) is 16.6. The normalized spacial score (nSPS) is 12.5. The van der Waals surface area contributed by atoms with Gasteiger partial charge in [0.15, 0.2) is 0 Å². The van der Waals surface area contributed by atoms with E-state index in [0.717, 1.165) is 11.3 Å². The second-order valence-corrected chi connectivity index (χ2v) is 5.86. The van der Waals surface area contributed by atoms with Crippen LogP contribution in [0.4, 0.5) is 4.79 Å². The monoisotopic (exact) mass is 302 g/mol. The van der Waals surface area contributed by atoms with Gasteiger partial charge in [-0.1, -0.05) is 12.1 Å². The number of hydrogen-bond donors (Lipinski definition) is 1.